The SMILES string of the molecule is CC(C)Oc1ccc(C(=O)OCC(=O)NNC(=O)c2cccc([N+](=O)[O-])c2)cc1. The monoisotopic (exact) mass is 401 g/mol. The van der Waals surface area contributed by atoms with Gasteiger partial charge in [-0.2, -0.15) is 0 Å². The second kappa shape index (κ2) is 9.83. The van der Waals surface area contributed by atoms with Crippen LogP contribution in [0.15, 0.2) is 48.5 Å². The maximum absolute atomic E-state index is 11.9. The minimum Gasteiger partial charge on any atom is -0.491 e. The molecular weight excluding hydrogens is 382 g/mol. The highest BCUT2D eigenvalue weighted by Crippen LogP contribution is 2.14. The van der Waals surface area contributed by atoms with Gasteiger partial charge in [0, 0.05) is 17.7 Å². The van der Waals surface area contributed by atoms with Crippen molar-refractivity contribution >= 4 is 23.5 Å². The van der Waals surface area contributed by atoms with Crippen LogP contribution in [0.2, 0.25) is 0 Å². The zero-order valence-electron chi connectivity index (χ0n) is 15.7. The average Bonchev–Trinajstić information content (AvgIpc) is 2.70. The third-order valence-electron chi connectivity index (χ3n) is 3.43. The van der Waals surface area contributed by atoms with E-state index in [1.54, 1.807) is 12.1 Å². The van der Waals surface area contributed by atoms with Crippen molar-refractivity contribution in [2.45, 2.75) is 20.0 Å². The van der Waals surface area contributed by atoms with Crippen molar-refractivity contribution in [1.29, 1.82) is 0 Å². The van der Waals surface area contributed by atoms with Gasteiger partial charge in [0.25, 0.3) is 17.5 Å². The van der Waals surface area contributed by atoms with Gasteiger partial charge in [-0.3, -0.25) is 30.6 Å². The Bertz CT molecular complexity index is 910. The second-order valence-electron chi connectivity index (χ2n) is 6.08. The Kier molecular flexibility index (Phi) is 7.24. The lowest BCUT2D eigenvalue weighted by atomic mass is 10.2. The van der Waals surface area contributed by atoms with Gasteiger partial charge in [0.15, 0.2) is 6.61 Å². The lowest BCUT2D eigenvalue weighted by molar-refractivity contribution is -0.384. The van der Waals surface area contributed by atoms with Crippen molar-refractivity contribution in [3.63, 3.8) is 0 Å². The van der Waals surface area contributed by atoms with Gasteiger partial charge in [0.1, 0.15) is 5.75 Å². The second-order valence-corrected chi connectivity index (χ2v) is 6.08. The number of hydrazine groups is 1. The number of nitrogens with zero attached hydrogens (tertiary/aromatic N) is 1. The molecule has 10 heteroatoms. The molecule has 0 spiro atoms. The summed E-state index contributed by atoms with van der Waals surface area (Å²) in [5, 5.41) is 10.7. The topological polar surface area (TPSA) is 137 Å². The molecule has 0 fully saturated rings. The molecule has 2 rings (SSSR count). The van der Waals surface area contributed by atoms with Crippen LogP contribution in [0.5, 0.6) is 5.75 Å². The first kappa shape index (κ1) is 21.4. The van der Waals surface area contributed by atoms with Crippen LogP contribution in [0.1, 0.15) is 34.6 Å². The van der Waals surface area contributed by atoms with Gasteiger partial charge in [0.2, 0.25) is 0 Å². The Balaban J connectivity index is 1.80. The van der Waals surface area contributed by atoms with Gasteiger partial charge < -0.3 is 9.47 Å². The van der Waals surface area contributed by atoms with Gasteiger partial charge in [-0.05, 0) is 44.2 Å². The number of carbonyl (C=O) groups excluding carboxylic acids is 3. The van der Waals surface area contributed by atoms with Crippen LogP contribution in [-0.4, -0.2) is 35.4 Å². The van der Waals surface area contributed by atoms with Gasteiger partial charge in [-0.25, -0.2) is 4.79 Å². The van der Waals surface area contributed by atoms with Gasteiger partial charge in [-0.15, -0.1) is 0 Å². The summed E-state index contributed by atoms with van der Waals surface area (Å²) in [6, 6.07) is 11.2. The normalized spacial score (nSPS) is 10.2. The van der Waals surface area contributed by atoms with Crippen LogP contribution >= 0.6 is 0 Å². The molecule has 0 aliphatic heterocycles. The molecule has 0 aliphatic carbocycles. The maximum atomic E-state index is 11.9. The molecule has 0 aromatic heterocycles. The van der Waals surface area contributed by atoms with Gasteiger partial charge in [0.05, 0.1) is 16.6 Å². The number of esters is 1. The summed E-state index contributed by atoms with van der Waals surface area (Å²) >= 11 is 0. The van der Waals surface area contributed by atoms with Crippen molar-refractivity contribution in [2.75, 3.05) is 6.61 Å². The van der Waals surface area contributed by atoms with E-state index < -0.39 is 29.3 Å². The Labute approximate surface area is 165 Å². The summed E-state index contributed by atoms with van der Waals surface area (Å²) in [6.45, 7) is 3.12. The predicted octanol–water partition coefficient (Wildman–Crippen LogP) is 2.00. The van der Waals surface area contributed by atoms with Gasteiger partial charge in [-0.1, -0.05) is 6.07 Å². The highest BCUT2D eigenvalue weighted by atomic mass is 16.6. The first-order valence-corrected chi connectivity index (χ1v) is 8.53. The molecule has 2 aromatic carbocycles. The Morgan fingerprint density at radius 1 is 1.03 bits per heavy atom. The minimum atomic E-state index is -0.781. The van der Waals surface area contributed by atoms with Crippen molar-refractivity contribution in [1.82, 2.24) is 10.9 Å². The summed E-state index contributed by atoms with van der Waals surface area (Å²) in [5.41, 5.74) is 4.10. The van der Waals surface area contributed by atoms with E-state index in [1.807, 2.05) is 13.8 Å². The summed E-state index contributed by atoms with van der Waals surface area (Å²) in [6.07, 6.45) is -0.00580. The Morgan fingerprint density at radius 2 is 1.72 bits per heavy atom. The van der Waals surface area contributed by atoms with Crippen molar-refractivity contribution < 1.29 is 28.8 Å². The number of carbonyl (C=O) groups is 3. The highest BCUT2D eigenvalue weighted by Gasteiger charge is 2.14. The molecule has 2 aromatic rings. The van der Waals surface area contributed by atoms with E-state index in [0.717, 1.165) is 6.07 Å². The molecule has 0 saturated heterocycles. The molecule has 0 saturated carbocycles. The van der Waals surface area contributed by atoms with E-state index >= 15 is 0 Å². The lowest BCUT2D eigenvalue weighted by Crippen LogP contribution is -2.43. The van der Waals surface area contributed by atoms with Crippen LogP contribution in [0, 0.1) is 10.1 Å². The van der Waals surface area contributed by atoms with Gasteiger partial charge >= 0.3 is 5.97 Å². The maximum Gasteiger partial charge on any atom is 0.338 e. The lowest BCUT2D eigenvalue weighted by Gasteiger charge is -2.10. The van der Waals surface area contributed by atoms with Crippen LogP contribution in [0.3, 0.4) is 0 Å². The third kappa shape index (κ3) is 6.61. The molecule has 0 aliphatic rings. The number of ether oxygens (including phenoxy) is 2. The largest absolute Gasteiger partial charge is 0.491 e. The quantitative estimate of drug-likeness (QED) is 0.411. The van der Waals surface area contributed by atoms with Crippen molar-refractivity contribution in [3.05, 3.63) is 69.8 Å². The van der Waals surface area contributed by atoms with E-state index in [-0.39, 0.29) is 22.9 Å². The van der Waals surface area contributed by atoms with E-state index in [2.05, 4.69) is 10.9 Å². The van der Waals surface area contributed by atoms with Crippen LogP contribution in [-0.2, 0) is 9.53 Å². The fraction of sp³-hybridized carbons (Fsp3) is 0.211. The zero-order chi connectivity index (χ0) is 21.4. The van der Waals surface area contributed by atoms with Crippen LogP contribution in [0.25, 0.3) is 0 Å². The molecule has 0 bridgehead atoms. The van der Waals surface area contributed by atoms with E-state index in [0.29, 0.717) is 5.75 Å². The number of nitro benzene ring substituents is 1. The Morgan fingerprint density at radius 3 is 2.34 bits per heavy atom. The van der Waals surface area contributed by atoms with Crippen LogP contribution < -0.4 is 15.6 Å². The molecule has 10 nitrogen and oxygen atoms in total. The molecule has 0 atom stereocenters. The molecule has 2 amide bonds. The summed E-state index contributed by atoms with van der Waals surface area (Å²) in [5.74, 6) is -1.66. The molecule has 0 radical (unpaired) electrons. The standard InChI is InChI=1S/C19H19N3O7/c1-12(2)29-16-8-6-13(7-9-16)19(25)28-11-17(23)20-21-18(24)14-4-3-5-15(10-14)22(26)27/h3-10,12H,11H2,1-2H3,(H,20,23)(H,21,24). The van der Waals surface area contributed by atoms with Crippen molar-refractivity contribution in [2.24, 2.45) is 0 Å². The molecule has 2 N–H and O–H groups in total. The zero-order valence-corrected chi connectivity index (χ0v) is 15.7. The fourth-order valence-electron chi connectivity index (χ4n) is 2.15. The number of benzene rings is 2. The molecule has 0 heterocycles. The molecular formula is C19H19N3O7. The highest BCUT2D eigenvalue weighted by molar-refractivity contribution is 5.96. The summed E-state index contributed by atoms with van der Waals surface area (Å²) in [7, 11) is 0. The van der Waals surface area contributed by atoms with E-state index in [1.165, 1.54) is 30.3 Å². The summed E-state index contributed by atoms with van der Waals surface area (Å²) < 4.78 is 10.3. The first-order chi connectivity index (χ1) is 13.8. The third-order valence-corrected chi connectivity index (χ3v) is 3.43. The van der Waals surface area contributed by atoms with Crippen molar-refractivity contribution in [3.8, 4) is 5.75 Å². The first-order valence-electron chi connectivity index (χ1n) is 8.53. The number of amides is 2. The van der Waals surface area contributed by atoms with E-state index in [4.69, 9.17) is 9.47 Å². The summed E-state index contributed by atoms with van der Waals surface area (Å²) in [4.78, 5) is 45.7. The predicted molar refractivity (Wildman–Crippen MR) is 101 cm³/mol. The Hall–Kier alpha value is -3.95. The number of nitro groups is 1. The molecule has 29 heavy (non-hydrogen) atoms. The number of rotatable bonds is 7. The number of nitrogens with one attached hydrogen (secondary N) is 2. The molecule has 152 valence electrons. The average molecular weight is 401 g/mol. The molecule has 0 unspecified atom stereocenters. The van der Waals surface area contributed by atoms with Crippen LogP contribution in [0.4, 0.5) is 5.69 Å². The number of hydrogen-bond acceptors (Lipinski definition) is 7. The smallest absolute Gasteiger partial charge is 0.338 e. The van der Waals surface area contributed by atoms with E-state index in [9.17, 15) is 24.5 Å². The number of non-ortho nitro benzene ring substituents is 1. The fourth-order valence-corrected chi connectivity index (χ4v) is 2.15. The minimum absolute atomic E-state index is 0.00580. The number of hydrogen-bond donors (Lipinski definition) is 2.